The molecule has 1 amide bonds. The molecule has 3 rings (SSSR count). The second-order valence-corrected chi connectivity index (χ2v) is 5.36. The minimum atomic E-state index is -0.0875. The Morgan fingerprint density at radius 1 is 1.37 bits per heavy atom. The lowest BCUT2D eigenvalue weighted by molar-refractivity contribution is -0.141. The van der Waals surface area contributed by atoms with Gasteiger partial charge in [0.25, 0.3) is 0 Å². The molecule has 4 heteroatoms. The number of carbonyl (C=O) groups excluding carboxylic acids is 1. The first-order valence-corrected chi connectivity index (χ1v) is 6.94. The first-order chi connectivity index (χ1) is 9.25. The summed E-state index contributed by atoms with van der Waals surface area (Å²) in [5.74, 6) is 0.213. The largest absolute Gasteiger partial charge is 0.377 e. The third-order valence-corrected chi connectivity index (χ3v) is 4.03. The molecule has 2 aliphatic rings. The molecule has 0 unspecified atom stereocenters. The summed E-state index contributed by atoms with van der Waals surface area (Å²) in [4.78, 5) is 14.5. The summed E-state index contributed by atoms with van der Waals surface area (Å²) in [6.45, 7) is 4.84. The molecule has 2 heterocycles. The molecule has 0 aromatic heterocycles. The average molecular weight is 260 g/mol. The van der Waals surface area contributed by atoms with Gasteiger partial charge in [-0.15, -0.1) is 0 Å². The molecule has 19 heavy (non-hydrogen) atoms. The number of hydrogen-bond donors (Lipinski definition) is 1. The molecule has 0 bridgehead atoms. The predicted molar refractivity (Wildman–Crippen MR) is 72.8 cm³/mol. The summed E-state index contributed by atoms with van der Waals surface area (Å²) in [5.41, 5.74) is 2.60. The number of hydrogen-bond acceptors (Lipinski definition) is 3. The zero-order valence-corrected chi connectivity index (χ0v) is 11.3. The SMILES string of the molecule is C[C@@H]1COCCN1C(=O)[C@@H]1Cc2ccccc2CN1. The van der Waals surface area contributed by atoms with E-state index in [-0.39, 0.29) is 18.0 Å². The van der Waals surface area contributed by atoms with E-state index in [0.29, 0.717) is 19.8 Å². The van der Waals surface area contributed by atoms with E-state index in [2.05, 4.69) is 17.4 Å². The maximum absolute atomic E-state index is 12.6. The van der Waals surface area contributed by atoms with Gasteiger partial charge in [0.1, 0.15) is 0 Å². The quantitative estimate of drug-likeness (QED) is 0.817. The van der Waals surface area contributed by atoms with Crippen LogP contribution >= 0.6 is 0 Å². The van der Waals surface area contributed by atoms with Crippen molar-refractivity contribution in [2.24, 2.45) is 0 Å². The fourth-order valence-corrected chi connectivity index (χ4v) is 2.88. The van der Waals surface area contributed by atoms with Crippen molar-refractivity contribution in [2.75, 3.05) is 19.8 Å². The van der Waals surface area contributed by atoms with Crippen LogP contribution in [0.15, 0.2) is 24.3 Å². The molecule has 0 saturated carbocycles. The highest BCUT2D eigenvalue weighted by Crippen LogP contribution is 2.18. The van der Waals surface area contributed by atoms with Crippen molar-refractivity contribution in [1.29, 1.82) is 0 Å². The molecule has 1 aromatic carbocycles. The zero-order chi connectivity index (χ0) is 13.2. The molecule has 102 valence electrons. The van der Waals surface area contributed by atoms with Crippen molar-refractivity contribution in [1.82, 2.24) is 10.2 Å². The van der Waals surface area contributed by atoms with Crippen LogP contribution in [0.1, 0.15) is 18.1 Å². The monoisotopic (exact) mass is 260 g/mol. The number of benzene rings is 1. The highest BCUT2D eigenvalue weighted by atomic mass is 16.5. The zero-order valence-electron chi connectivity index (χ0n) is 11.3. The number of morpholine rings is 1. The van der Waals surface area contributed by atoms with E-state index in [0.717, 1.165) is 13.0 Å². The third kappa shape index (κ3) is 2.51. The van der Waals surface area contributed by atoms with Gasteiger partial charge >= 0.3 is 0 Å². The van der Waals surface area contributed by atoms with Gasteiger partial charge in [-0.2, -0.15) is 0 Å². The molecule has 0 radical (unpaired) electrons. The summed E-state index contributed by atoms with van der Waals surface area (Å²) < 4.78 is 5.39. The molecule has 0 spiro atoms. The molecule has 1 saturated heterocycles. The van der Waals surface area contributed by atoms with Crippen LogP contribution in [0.3, 0.4) is 0 Å². The predicted octanol–water partition coefficient (Wildman–Crippen LogP) is 0.948. The molecule has 4 nitrogen and oxygen atoms in total. The minimum Gasteiger partial charge on any atom is -0.377 e. The molecule has 2 atom stereocenters. The van der Waals surface area contributed by atoms with Crippen LogP contribution in [0.2, 0.25) is 0 Å². The van der Waals surface area contributed by atoms with Gasteiger partial charge in [-0.05, 0) is 24.5 Å². The van der Waals surface area contributed by atoms with Crippen LogP contribution in [0.5, 0.6) is 0 Å². The van der Waals surface area contributed by atoms with E-state index in [4.69, 9.17) is 4.74 Å². The van der Waals surface area contributed by atoms with Crippen LogP contribution < -0.4 is 5.32 Å². The third-order valence-electron chi connectivity index (χ3n) is 4.03. The van der Waals surface area contributed by atoms with Crippen LogP contribution in [-0.2, 0) is 22.5 Å². The smallest absolute Gasteiger partial charge is 0.240 e. The molecule has 1 N–H and O–H groups in total. The second-order valence-electron chi connectivity index (χ2n) is 5.36. The lowest BCUT2D eigenvalue weighted by atomic mass is 9.95. The molecular weight excluding hydrogens is 240 g/mol. The Morgan fingerprint density at radius 3 is 2.95 bits per heavy atom. The fourth-order valence-electron chi connectivity index (χ4n) is 2.88. The van der Waals surface area contributed by atoms with Crippen molar-refractivity contribution < 1.29 is 9.53 Å². The fraction of sp³-hybridized carbons (Fsp3) is 0.533. The van der Waals surface area contributed by atoms with E-state index in [9.17, 15) is 4.79 Å². The summed E-state index contributed by atoms with van der Waals surface area (Å²) in [6.07, 6.45) is 0.791. The Kier molecular flexibility index (Phi) is 3.53. The van der Waals surface area contributed by atoms with E-state index in [1.165, 1.54) is 11.1 Å². The summed E-state index contributed by atoms with van der Waals surface area (Å²) in [7, 11) is 0. The molecule has 1 aromatic rings. The summed E-state index contributed by atoms with van der Waals surface area (Å²) >= 11 is 0. The van der Waals surface area contributed by atoms with Crippen LogP contribution in [0, 0.1) is 0 Å². The number of ether oxygens (including phenoxy) is 1. The Balaban J connectivity index is 1.72. The standard InChI is InChI=1S/C15H20N2O2/c1-11-10-19-7-6-17(11)15(18)14-8-12-4-2-3-5-13(12)9-16-14/h2-5,11,14,16H,6-10H2,1H3/t11-,14+/m1/s1. The van der Waals surface area contributed by atoms with Crippen LogP contribution in [-0.4, -0.2) is 42.6 Å². The lowest BCUT2D eigenvalue weighted by Crippen LogP contribution is -2.55. The van der Waals surface area contributed by atoms with E-state index >= 15 is 0 Å². The van der Waals surface area contributed by atoms with E-state index in [1.807, 2.05) is 24.0 Å². The van der Waals surface area contributed by atoms with Gasteiger partial charge in [0.2, 0.25) is 5.91 Å². The maximum atomic E-state index is 12.6. The molecular formula is C15H20N2O2. The van der Waals surface area contributed by atoms with Crippen molar-refractivity contribution in [2.45, 2.75) is 32.0 Å². The Morgan fingerprint density at radius 2 is 2.16 bits per heavy atom. The number of fused-ring (bicyclic) bond motifs is 1. The first kappa shape index (κ1) is 12.6. The topological polar surface area (TPSA) is 41.6 Å². The number of rotatable bonds is 1. The van der Waals surface area contributed by atoms with Crippen LogP contribution in [0.4, 0.5) is 0 Å². The highest BCUT2D eigenvalue weighted by Gasteiger charge is 2.31. The summed E-state index contributed by atoms with van der Waals surface area (Å²) in [6, 6.07) is 8.44. The van der Waals surface area contributed by atoms with Gasteiger partial charge < -0.3 is 15.0 Å². The summed E-state index contributed by atoms with van der Waals surface area (Å²) in [5, 5.41) is 3.36. The highest BCUT2D eigenvalue weighted by molar-refractivity contribution is 5.83. The van der Waals surface area contributed by atoms with Crippen molar-refractivity contribution >= 4 is 5.91 Å². The van der Waals surface area contributed by atoms with Crippen molar-refractivity contribution in [3.63, 3.8) is 0 Å². The number of carbonyl (C=O) groups is 1. The Bertz CT molecular complexity index is 475. The molecule has 1 fully saturated rings. The van der Waals surface area contributed by atoms with Gasteiger partial charge in [-0.3, -0.25) is 4.79 Å². The number of nitrogens with zero attached hydrogens (tertiary/aromatic N) is 1. The Hall–Kier alpha value is -1.39. The molecule has 0 aliphatic carbocycles. The van der Waals surface area contributed by atoms with Gasteiger partial charge in [-0.1, -0.05) is 24.3 Å². The van der Waals surface area contributed by atoms with Crippen molar-refractivity contribution in [3.05, 3.63) is 35.4 Å². The molecule has 2 aliphatic heterocycles. The van der Waals surface area contributed by atoms with Crippen molar-refractivity contribution in [3.8, 4) is 0 Å². The van der Waals surface area contributed by atoms with Gasteiger partial charge in [0, 0.05) is 13.1 Å². The lowest BCUT2D eigenvalue weighted by Gasteiger charge is -2.37. The minimum absolute atomic E-state index is 0.0875. The Labute approximate surface area is 113 Å². The maximum Gasteiger partial charge on any atom is 0.240 e. The van der Waals surface area contributed by atoms with Gasteiger partial charge in [0.05, 0.1) is 25.3 Å². The van der Waals surface area contributed by atoms with E-state index in [1.54, 1.807) is 0 Å². The average Bonchev–Trinajstić information content (AvgIpc) is 2.46. The van der Waals surface area contributed by atoms with Gasteiger partial charge in [-0.25, -0.2) is 0 Å². The number of amides is 1. The first-order valence-electron chi connectivity index (χ1n) is 6.94. The number of nitrogens with one attached hydrogen (secondary N) is 1. The normalized spacial score (nSPS) is 26.9. The van der Waals surface area contributed by atoms with Crippen LogP contribution in [0.25, 0.3) is 0 Å². The second kappa shape index (κ2) is 5.31. The van der Waals surface area contributed by atoms with Gasteiger partial charge in [0.15, 0.2) is 0 Å². The van der Waals surface area contributed by atoms with E-state index < -0.39 is 0 Å².